The van der Waals surface area contributed by atoms with E-state index in [1.165, 1.54) is 32.6 Å². The van der Waals surface area contributed by atoms with Gasteiger partial charge in [-0.2, -0.15) is 0 Å². The third-order valence-corrected chi connectivity index (χ3v) is 3.79. The van der Waals surface area contributed by atoms with Gasteiger partial charge in [0, 0.05) is 18.6 Å². The lowest BCUT2D eigenvalue weighted by Crippen LogP contribution is -2.44. The van der Waals surface area contributed by atoms with Crippen LogP contribution in [0.3, 0.4) is 0 Å². The van der Waals surface area contributed by atoms with Gasteiger partial charge in [0.25, 0.3) is 0 Å². The summed E-state index contributed by atoms with van der Waals surface area (Å²) < 4.78 is 18.4. The third-order valence-electron chi connectivity index (χ3n) is 3.79. The molecule has 0 aromatic heterocycles. The highest BCUT2D eigenvalue weighted by Gasteiger charge is 2.19. The summed E-state index contributed by atoms with van der Waals surface area (Å²) in [6.07, 6.45) is 2.43. The number of ether oxygens (including phenoxy) is 1. The zero-order valence-corrected chi connectivity index (χ0v) is 11.9. The number of nitrogens with one attached hydrogen (secondary N) is 1. The van der Waals surface area contributed by atoms with Crippen molar-refractivity contribution in [3.05, 3.63) is 29.6 Å². The molecule has 2 rings (SSSR count). The van der Waals surface area contributed by atoms with Gasteiger partial charge in [0.2, 0.25) is 0 Å². The van der Waals surface area contributed by atoms with E-state index in [0.717, 1.165) is 12.1 Å². The van der Waals surface area contributed by atoms with Gasteiger partial charge < -0.3 is 15.0 Å². The molecule has 3 nitrogen and oxygen atoms in total. The maximum absolute atomic E-state index is 13.4. The first-order valence-electron chi connectivity index (χ1n) is 6.88. The largest absolute Gasteiger partial charge is 0.494 e. The smallest absolute Gasteiger partial charge is 0.165 e. The van der Waals surface area contributed by atoms with Crippen molar-refractivity contribution in [3.8, 4) is 5.75 Å². The second kappa shape index (κ2) is 6.35. The van der Waals surface area contributed by atoms with E-state index in [9.17, 15) is 4.39 Å². The van der Waals surface area contributed by atoms with E-state index in [1.807, 2.05) is 6.07 Å². The number of hydrogen-bond acceptors (Lipinski definition) is 3. The van der Waals surface area contributed by atoms with Crippen LogP contribution in [0.2, 0.25) is 0 Å². The van der Waals surface area contributed by atoms with Gasteiger partial charge in [0.15, 0.2) is 11.6 Å². The Kier molecular flexibility index (Phi) is 4.77. The topological polar surface area (TPSA) is 24.5 Å². The zero-order chi connectivity index (χ0) is 13.8. The van der Waals surface area contributed by atoms with E-state index >= 15 is 0 Å². The lowest BCUT2D eigenvalue weighted by Gasteiger charge is -2.32. The van der Waals surface area contributed by atoms with Gasteiger partial charge >= 0.3 is 0 Å². The molecule has 0 aliphatic carbocycles. The molecule has 1 aliphatic heterocycles. The summed E-state index contributed by atoms with van der Waals surface area (Å²) in [5, 5.41) is 3.62. The number of rotatable bonds is 4. The molecule has 1 aromatic carbocycles. The predicted molar refractivity (Wildman–Crippen MR) is 75.0 cm³/mol. The zero-order valence-electron chi connectivity index (χ0n) is 11.9. The molecule has 0 spiro atoms. The first kappa shape index (κ1) is 14.3. The Balaban J connectivity index is 2.01. The van der Waals surface area contributed by atoms with Gasteiger partial charge in [-0.1, -0.05) is 6.07 Å². The van der Waals surface area contributed by atoms with Crippen molar-refractivity contribution in [2.75, 3.05) is 27.2 Å². The summed E-state index contributed by atoms with van der Waals surface area (Å²) in [6.45, 7) is 4.36. The first-order valence-corrected chi connectivity index (χ1v) is 6.88. The fraction of sp³-hybridized carbons (Fsp3) is 0.600. The van der Waals surface area contributed by atoms with E-state index in [0.29, 0.717) is 11.8 Å². The number of nitrogens with zero attached hydrogens (tertiary/aromatic N) is 1. The minimum Gasteiger partial charge on any atom is -0.494 e. The summed E-state index contributed by atoms with van der Waals surface area (Å²) in [5.74, 6) is 0.00256. The van der Waals surface area contributed by atoms with Crippen molar-refractivity contribution in [2.24, 2.45) is 0 Å². The Hall–Kier alpha value is -1.13. The average molecular weight is 266 g/mol. The molecule has 4 heteroatoms. The van der Waals surface area contributed by atoms with Crippen LogP contribution in [0.15, 0.2) is 18.2 Å². The summed E-state index contributed by atoms with van der Waals surface area (Å²) in [4.78, 5) is 2.35. The Morgan fingerprint density at radius 2 is 2.26 bits per heavy atom. The first-order chi connectivity index (χ1) is 9.10. The van der Waals surface area contributed by atoms with Gasteiger partial charge in [0.1, 0.15) is 0 Å². The summed E-state index contributed by atoms with van der Waals surface area (Å²) in [7, 11) is 3.65. The van der Waals surface area contributed by atoms with Crippen LogP contribution in [-0.2, 0) is 0 Å². The van der Waals surface area contributed by atoms with Crippen LogP contribution in [0.25, 0.3) is 0 Å². The number of likely N-dealkylation sites (N-methyl/N-ethyl adjacent to an activating group) is 1. The Labute approximate surface area is 114 Å². The molecule has 0 amide bonds. The molecule has 106 valence electrons. The monoisotopic (exact) mass is 266 g/mol. The Morgan fingerprint density at radius 1 is 1.47 bits per heavy atom. The number of halogens is 1. The van der Waals surface area contributed by atoms with Crippen LogP contribution < -0.4 is 10.1 Å². The normalized spacial score (nSPS) is 22.2. The molecule has 2 unspecified atom stereocenters. The maximum atomic E-state index is 13.4. The average Bonchev–Trinajstić information content (AvgIpc) is 2.39. The minimum atomic E-state index is -0.309. The second-order valence-electron chi connectivity index (χ2n) is 5.38. The van der Waals surface area contributed by atoms with Crippen LogP contribution in [0.4, 0.5) is 4.39 Å². The van der Waals surface area contributed by atoms with E-state index in [4.69, 9.17) is 4.74 Å². The van der Waals surface area contributed by atoms with E-state index in [1.54, 1.807) is 6.07 Å². The Morgan fingerprint density at radius 3 is 2.95 bits per heavy atom. The molecular weight excluding hydrogens is 243 g/mol. The van der Waals surface area contributed by atoms with Crippen molar-refractivity contribution < 1.29 is 9.13 Å². The van der Waals surface area contributed by atoms with Crippen molar-refractivity contribution in [2.45, 2.75) is 31.8 Å². The molecule has 2 atom stereocenters. The van der Waals surface area contributed by atoms with Crippen LogP contribution in [0, 0.1) is 5.82 Å². The van der Waals surface area contributed by atoms with Crippen molar-refractivity contribution in [3.63, 3.8) is 0 Å². The lowest BCUT2D eigenvalue weighted by molar-refractivity contribution is 0.218. The molecule has 1 fully saturated rings. The van der Waals surface area contributed by atoms with Gasteiger partial charge in [-0.25, -0.2) is 4.39 Å². The van der Waals surface area contributed by atoms with E-state index in [2.05, 4.69) is 24.2 Å². The molecule has 0 bridgehead atoms. The minimum absolute atomic E-state index is 0.200. The van der Waals surface area contributed by atoms with Crippen LogP contribution in [-0.4, -0.2) is 38.2 Å². The predicted octanol–water partition coefficient (Wildman–Crippen LogP) is 2.58. The fourth-order valence-electron chi connectivity index (χ4n) is 2.70. The quantitative estimate of drug-likeness (QED) is 0.906. The van der Waals surface area contributed by atoms with Crippen molar-refractivity contribution in [1.82, 2.24) is 10.2 Å². The Bertz CT molecular complexity index is 425. The molecule has 0 saturated carbocycles. The number of hydrogen-bond donors (Lipinski definition) is 1. The molecule has 0 radical (unpaired) electrons. The van der Waals surface area contributed by atoms with Gasteiger partial charge in [-0.3, -0.25) is 0 Å². The standard InChI is InChI=1S/C15H23FN2O/c1-11(17-13-5-4-8-18(2)10-13)12-6-7-14(16)15(9-12)19-3/h6-7,9,11,13,17H,4-5,8,10H2,1-3H3. The van der Waals surface area contributed by atoms with Crippen LogP contribution in [0.1, 0.15) is 31.4 Å². The van der Waals surface area contributed by atoms with Crippen molar-refractivity contribution in [1.29, 1.82) is 0 Å². The SMILES string of the molecule is COc1cc(C(C)NC2CCCN(C)C2)ccc1F. The molecule has 1 saturated heterocycles. The van der Waals surface area contributed by atoms with E-state index in [-0.39, 0.29) is 11.9 Å². The molecule has 19 heavy (non-hydrogen) atoms. The molecule has 1 heterocycles. The second-order valence-corrected chi connectivity index (χ2v) is 5.38. The molecule has 1 aromatic rings. The fourth-order valence-corrected chi connectivity index (χ4v) is 2.70. The van der Waals surface area contributed by atoms with Gasteiger partial charge in [0.05, 0.1) is 7.11 Å². The highest BCUT2D eigenvalue weighted by Crippen LogP contribution is 2.23. The molecule has 1 N–H and O–H groups in total. The molecular formula is C15H23FN2O. The van der Waals surface area contributed by atoms with Gasteiger partial charge in [-0.05, 0) is 51.1 Å². The third kappa shape index (κ3) is 3.67. The van der Waals surface area contributed by atoms with Crippen molar-refractivity contribution >= 4 is 0 Å². The van der Waals surface area contributed by atoms with Crippen LogP contribution in [0.5, 0.6) is 5.75 Å². The lowest BCUT2D eigenvalue weighted by atomic mass is 10.0. The summed E-state index contributed by atoms with van der Waals surface area (Å²) in [5.41, 5.74) is 1.06. The van der Waals surface area contributed by atoms with E-state index < -0.39 is 0 Å². The summed E-state index contributed by atoms with van der Waals surface area (Å²) in [6, 6.07) is 5.77. The number of methoxy groups -OCH3 is 1. The number of piperidine rings is 1. The maximum Gasteiger partial charge on any atom is 0.165 e. The highest BCUT2D eigenvalue weighted by atomic mass is 19.1. The summed E-state index contributed by atoms with van der Waals surface area (Å²) >= 11 is 0. The number of likely N-dealkylation sites (tertiary alicyclic amines) is 1. The molecule has 1 aliphatic rings. The number of benzene rings is 1. The highest BCUT2D eigenvalue weighted by molar-refractivity contribution is 5.32. The van der Waals surface area contributed by atoms with Crippen LogP contribution >= 0.6 is 0 Å². The van der Waals surface area contributed by atoms with Gasteiger partial charge in [-0.15, -0.1) is 0 Å².